The Morgan fingerprint density at radius 2 is 2.56 bits per heavy atom. The van der Waals surface area contributed by atoms with Crippen LogP contribution in [-0.4, -0.2) is 23.8 Å². The molecule has 0 fully saturated rings. The van der Waals surface area contributed by atoms with Crippen molar-refractivity contribution in [1.29, 1.82) is 0 Å². The molecule has 0 radical (unpaired) electrons. The van der Waals surface area contributed by atoms with Gasteiger partial charge in [0.05, 0.1) is 6.61 Å². The molecule has 0 aromatic heterocycles. The molecule has 0 spiro atoms. The fourth-order valence-electron chi connectivity index (χ4n) is 0.284. The molecule has 9 heavy (non-hydrogen) atoms. The Morgan fingerprint density at radius 3 is 2.89 bits per heavy atom. The maximum atomic E-state index is 10.0. The average molecular weight is 130 g/mol. The minimum Gasteiger partial charge on any atom is -0.479 e. The molecule has 0 aliphatic carbocycles. The van der Waals surface area contributed by atoms with E-state index in [-0.39, 0.29) is 6.61 Å². The summed E-state index contributed by atoms with van der Waals surface area (Å²) in [6.07, 6.45) is 0.780. The van der Waals surface area contributed by atoms with E-state index in [0.29, 0.717) is 0 Å². The maximum absolute atomic E-state index is 10.0. The summed E-state index contributed by atoms with van der Waals surface area (Å²) in [5.74, 6) is -0.947. The molecule has 0 rings (SSSR count). The van der Waals surface area contributed by atoms with Gasteiger partial charge in [-0.1, -0.05) is 6.08 Å². The predicted octanol–water partition coefficient (Wildman–Crippen LogP) is 0.662. The maximum Gasteiger partial charge on any atom is 0.332 e. The Morgan fingerprint density at radius 1 is 2.00 bits per heavy atom. The zero-order chi connectivity index (χ0) is 7.28. The summed E-state index contributed by atoms with van der Waals surface area (Å²) in [4.78, 5) is 10.0. The van der Waals surface area contributed by atoms with Gasteiger partial charge in [-0.05, 0) is 6.92 Å². The lowest BCUT2D eigenvalue weighted by molar-refractivity contribution is -0.148. The van der Waals surface area contributed by atoms with E-state index < -0.39 is 12.1 Å². The summed E-state index contributed by atoms with van der Waals surface area (Å²) in [6, 6.07) is 0. The monoisotopic (exact) mass is 130 g/mol. The molecule has 1 atom stereocenters. The molecule has 0 heterocycles. The molecular weight excluding hydrogens is 120 g/mol. The van der Waals surface area contributed by atoms with Crippen LogP contribution in [0, 0.1) is 0 Å². The number of aliphatic carboxylic acids is 1. The van der Waals surface area contributed by atoms with Crippen molar-refractivity contribution in [3.63, 3.8) is 0 Å². The van der Waals surface area contributed by atoms with Crippen LogP contribution in [-0.2, 0) is 9.53 Å². The highest BCUT2D eigenvalue weighted by Gasteiger charge is 2.08. The van der Waals surface area contributed by atoms with Gasteiger partial charge >= 0.3 is 5.97 Å². The molecule has 3 heteroatoms. The van der Waals surface area contributed by atoms with E-state index in [4.69, 9.17) is 9.84 Å². The van der Waals surface area contributed by atoms with Gasteiger partial charge in [-0.15, -0.1) is 6.58 Å². The van der Waals surface area contributed by atoms with Gasteiger partial charge in [0.2, 0.25) is 0 Å². The van der Waals surface area contributed by atoms with E-state index in [9.17, 15) is 4.79 Å². The third-order valence-electron chi connectivity index (χ3n) is 0.812. The van der Waals surface area contributed by atoms with Gasteiger partial charge in [0, 0.05) is 0 Å². The van der Waals surface area contributed by atoms with E-state index in [1.807, 2.05) is 0 Å². The van der Waals surface area contributed by atoms with Gasteiger partial charge in [-0.2, -0.15) is 0 Å². The zero-order valence-electron chi connectivity index (χ0n) is 5.33. The van der Waals surface area contributed by atoms with Gasteiger partial charge < -0.3 is 9.84 Å². The van der Waals surface area contributed by atoms with Crippen LogP contribution in [0.5, 0.6) is 0 Å². The molecule has 0 aliphatic rings. The molecule has 52 valence electrons. The van der Waals surface area contributed by atoms with Crippen molar-refractivity contribution in [1.82, 2.24) is 0 Å². The molecule has 0 bridgehead atoms. The first-order chi connectivity index (χ1) is 4.18. The largest absolute Gasteiger partial charge is 0.479 e. The van der Waals surface area contributed by atoms with Crippen molar-refractivity contribution in [2.45, 2.75) is 13.0 Å². The molecule has 0 saturated carbocycles. The Labute approximate surface area is 53.9 Å². The molecule has 0 amide bonds. The summed E-state index contributed by atoms with van der Waals surface area (Å²) in [5.41, 5.74) is 0. The minimum atomic E-state index is -0.947. The van der Waals surface area contributed by atoms with E-state index >= 15 is 0 Å². The van der Waals surface area contributed by atoms with Crippen LogP contribution in [0.4, 0.5) is 0 Å². The van der Waals surface area contributed by atoms with Gasteiger partial charge in [-0.3, -0.25) is 0 Å². The van der Waals surface area contributed by atoms with Crippen LogP contribution in [0.25, 0.3) is 0 Å². The van der Waals surface area contributed by atoms with Crippen LogP contribution >= 0.6 is 0 Å². The lowest BCUT2D eigenvalue weighted by Crippen LogP contribution is -2.19. The normalized spacial score (nSPS) is 12.6. The fourth-order valence-corrected chi connectivity index (χ4v) is 0.284. The standard InChI is InChI=1S/C6H10O3/c1-3-4-9-5(2)6(7)8/h3,5H,1,4H2,2H3,(H,7,8). The smallest absolute Gasteiger partial charge is 0.332 e. The second-order valence-electron chi connectivity index (χ2n) is 1.60. The highest BCUT2D eigenvalue weighted by molar-refractivity contribution is 5.71. The third kappa shape index (κ3) is 3.73. The number of hydrogen-bond donors (Lipinski definition) is 1. The summed E-state index contributed by atoms with van der Waals surface area (Å²) in [7, 11) is 0. The Hall–Kier alpha value is -0.830. The third-order valence-corrected chi connectivity index (χ3v) is 0.812. The number of rotatable bonds is 4. The molecule has 0 aromatic rings. The summed E-state index contributed by atoms with van der Waals surface area (Å²) in [5, 5.41) is 8.25. The van der Waals surface area contributed by atoms with E-state index in [1.54, 1.807) is 0 Å². The van der Waals surface area contributed by atoms with Crippen LogP contribution in [0.2, 0.25) is 0 Å². The number of carboxylic acid groups (broad SMARTS) is 1. The van der Waals surface area contributed by atoms with Crippen LogP contribution < -0.4 is 0 Å². The topological polar surface area (TPSA) is 46.5 Å². The molecular formula is C6H10O3. The molecule has 0 aromatic carbocycles. The van der Waals surface area contributed by atoms with Crippen LogP contribution in [0.15, 0.2) is 12.7 Å². The van der Waals surface area contributed by atoms with E-state index in [2.05, 4.69) is 6.58 Å². The SMILES string of the molecule is C=CCOC(C)C(=O)O. The lowest BCUT2D eigenvalue weighted by atomic mass is 10.4. The van der Waals surface area contributed by atoms with Gasteiger partial charge in [0.25, 0.3) is 0 Å². The molecule has 3 nitrogen and oxygen atoms in total. The number of carbonyl (C=O) groups is 1. The Balaban J connectivity index is 3.37. The van der Waals surface area contributed by atoms with Crippen molar-refractivity contribution in [2.75, 3.05) is 6.61 Å². The molecule has 0 aliphatic heterocycles. The second-order valence-corrected chi connectivity index (χ2v) is 1.60. The highest BCUT2D eigenvalue weighted by atomic mass is 16.5. The first kappa shape index (κ1) is 8.17. The molecule has 1 unspecified atom stereocenters. The second kappa shape index (κ2) is 4.09. The molecule has 1 N–H and O–H groups in total. The predicted molar refractivity (Wildman–Crippen MR) is 33.2 cm³/mol. The Kier molecular flexibility index (Phi) is 3.71. The minimum absolute atomic E-state index is 0.285. The highest BCUT2D eigenvalue weighted by Crippen LogP contribution is 1.88. The van der Waals surface area contributed by atoms with Crippen LogP contribution in [0.3, 0.4) is 0 Å². The first-order valence-corrected chi connectivity index (χ1v) is 2.63. The van der Waals surface area contributed by atoms with Gasteiger partial charge in [0.1, 0.15) is 0 Å². The van der Waals surface area contributed by atoms with Crippen molar-refractivity contribution >= 4 is 5.97 Å². The van der Waals surface area contributed by atoms with Crippen molar-refractivity contribution in [3.05, 3.63) is 12.7 Å². The zero-order valence-corrected chi connectivity index (χ0v) is 5.33. The average Bonchev–Trinajstić information content (AvgIpc) is 1.82. The fraction of sp³-hybridized carbons (Fsp3) is 0.500. The van der Waals surface area contributed by atoms with Crippen molar-refractivity contribution < 1.29 is 14.6 Å². The van der Waals surface area contributed by atoms with E-state index in [0.717, 1.165) is 0 Å². The number of ether oxygens (including phenoxy) is 1. The first-order valence-electron chi connectivity index (χ1n) is 2.63. The van der Waals surface area contributed by atoms with Gasteiger partial charge in [-0.25, -0.2) is 4.79 Å². The summed E-state index contributed by atoms with van der Waals surface area (Å²) < 4.78 is 4.73. The number of hydrogen-bond acceptors (Lipinski definition) is 2. The quantitative estimate of drug-likeness (QED) is 0.569. The van der Waals surface area contributed by atoms with Crippen molar-refractivity contribution in [2.24, 2.45) is 0 Å². The number of carboxylic acids is 1. The summed E-state index contributed by atoms with van der Waals surface area (Å²) >= 11 is 0. The van der Waals surface area contributed by atoms with Crippen molar-refractivity contribution in [3.8, 4) is 0 Å². The van der Waals surface area contributed by atoms with Gasteiger partial charge in [0.15, 0.2) is 6.10 Å². The summed E-state index contributed by atoms with van der Waals surface area (Å²) in [6.45, 7) is 5.14. The van der Waals surface area contributed by atoms with E-state index in [1.165, 1.54) is 13.0 Å². The Bertz CT molecular complexity index is 109. The molecule has 0 saturated heterocycles. The lowest BCUT2D eigenvalue weighted by Gasteiger charge is -2.03. The van der Waals surface area contributed by atoms with Crippen LogP contribution in [0.1, 0.15) is 6.92 Å².